The van der Waals surface area contributed by atoms with Gasteiger partial charge in [0.1, 0.15) is 11.4 Å². The first-order valence-electron chi connectivity index (χ1n) is 10.7. The van der Waals surface area contributed by atoms with Gasteiger partial charge in [-0.1, -0.05) is 47.5 Å². The molecule has 160 valence electrons. The topological polar surface area (TPSA) is 90.8 Å². The summed E-state index contributed by atoms with van der Waals surface area (Å²) in [5.41, 5.74) is 0.187. The highest BCUT2D eigenvalue weighted by molar-refractivity contribution is 6.17. The number of aliphatic imine (C=N–C) groups is 1. The van der Waals surface area contributed by atoms with Gasteiger partial charge in [0.2, 0.25) is 0 Å². The molecule has 2 aliphatic heterocycles. The lowest BCUT2D eigenvalue weighted by Crippen LogP contribution is -2.41. The first kappa shape index (κ1) is 24.3. The van der Waals surface area contributed by atoms with Crippen LogP contribution in [0.25, 0.3) is 0 Å². The van der Waals surface area contributed by atoms with E-state index in [1.807, 2.05) is 34.6 Å². The van der Waals surface area contributed by atoms with Crippen molar-refractivity contribution in [1.29, 1.82) is 0 Å². The fourth-order valence-electron chi connectivity index (χ4n) is 3.34. The molecule has 0 aromatic carbocycles. The summed E-state index contributed by atoms with van der Waals surface area (Å²) in [5.74, 6) is -0.619. The Morgan fingerprint density at radius 3 is 2.11 bits per heavy atom. The first-order valence-corrected chi connectivity index (χ1v) is 10.7. The predicted octanol–water partition coefficient (Wildman–Crippen LogP) is 3.92. The van der Waals surface area contributed by atoms with Crippen molar-refractivity contribution >= 4 is 17.7 Å². The Morgan fingerprint density at radius 2 is 1.79 bits per heavy atom. The Kier molecular flexibility index (Phi) is 9.87. The quantitative estimate of drug-likeness (QED) is 0.572. The number of amidine groups is 1. The van der Waals surface area contributed by atoms with Gasteiger partial charge in [-0.25, -0.2) is 4.79 Å². The minimum atomic E-state index is -0.924. The standard InChI is InChI=1S/C17H28N2O3.C5H11N/c1-7-8-9-12(15(20)21)13(10(2)3)14-18-16(22)17(6,19-14)11(4)5;1-2-4-6-5-3-1/h10-11H,7-9H2,1-6H3,(H,20,21)(H,18,19,22);6H,1-5H2/b13-12+;. The monoisotopic (exact) mass is 393 g/mol. The molecule has 6 nitrogen and oxygen atoms in total. The fraction of sp³-hybridized carbons (Fsp3) is 0.773. The Bertz CT molecular complexity index is 593. The number of nitrogens with one attached hydrogen (secondary N) is 2. The van der Waals surface area contributed by atoms with E-state index < -0.39 is 11.5 Å². The Hall–Kier alpha value is -1.69. The normalized spacial score (nSPS) is 23.0. The summed E-state index contributed by atoms with van der Waals surface area (Å²) in [6.07, 6.45) is 6.44. The molecule has 2 rings (SSSR count). The third-order valence-electron chi connectivity index (χ3n) is 5.56. The van der Waals surface area contributed by atoms with Gasteiger partial charge in [0, 0.05) is 11.1 Å². The maximum atomic E-state index is 12.3. The van der Waals surface area contributed by atoms with Crippen LogP contribution in [-0.4, -0.2) is 41.4 Å². The highest BCUT2D eigenvalue weighted by Crippen LogP contribution is 2.30. The molecule has 3 N–H and O–H groups in total. The van der Waals surface area contributed by atoms with E-state index in [-0.39, 0.29) is 17.7 Å². The van der Waals surface area contributed by atoms with Crippen LogP contribution in [0.2, 0.25) is 0 Å². The molecule has 0 radical (unpaired) electrons. The van der Waals surface area contributed by atoms with E-state index in [0.717, 1.165) is 12.8 Å². The molecule has 1 amide bonds. The summed E-state index contributed by atoms with van der Waals surface area (Å²) in [5, 5.41) is 15.7. The molecule has 1 fully saturated rings. The minimum Gasteiger partial charge on any atom is -0.478 e. The van der Waals surface area contributed by atoms with Crippen LogP contribution in [0.1, 0.15) is 80.1 Å². The van der Waals surface area contributed by atoms with Crippen LogP contribution in [0, 0.1) is 11.8 Å². The van der Waals surface area contributed by atoms with Crippen molar-refractivity contribution in [3.05, 3.63) is 11.1 Å². The zero-order valence-electron chi connectivity index (χ0n) is 18.5. The molecule has 1 atom stereocenters. The molecule has 0 aliphatic carbocycles. The second-order valence-corrected chi connectivity index (χ2v) is 8.48. The molecule has 1 saturated heterocycles. The number of piperidine rings is 1. The smallest absolute Gasteiger partial charge is 0.331 e. The summed E-state index contributed by atoms with van der Waals surface area (Å²) < 4.78 is 0. The van der Waals surface area contributed by atoms with E-state index in [4.69, 9.17) is 0 Å². The zero-order chi connectivity index (χ0) is 21.3. The largest absolute Gasteiger partial charge is 0.478 e. The molecule has 6 heteroatoms. The maximum absolute atomic E-state index is 12.3. The van der Waals surface area contributed by atoms with Crippen LogP contribution >= 0.6 is 0 Å². The molecule has 2 heterocycles. The predicted molar refractivity (Wildman–Crippen MR) is 115 cm³/mol. The van der Waals surface area contributed by atoms with Gasteiger partial charge < -0.3 is 15.7 Å². The summed E-state index contributed by atoms with van der Waals surface area (Å²) >= 11 is 0. The highest BCUT2D eigenvalue weighted by atomic mass is 16.4. The van der Waals surface area contributed by atoms with Crippen molar-refractivity contribution in [2.75, 3.05) is 13.1 Å². The van der Waals surface area contributed by atoms with Crippen LogP contribution in [-0.2, 0) is 9.59 Å². The van der Waals surface area contributed by atoms with Gasteiger partial charge in [-0.15, -0.1) is 0 Å². The van der Waals surface area contributed by atoms with E-state index >= 15 is 0 Å². The molecular weight excluding hydrogens is 354 g/mol. The summed E-state index contributed by atoms with van der Waals surface area (Å²) in [6, 6.07) is 0. The van der Waals surface area contributed by atoms with E-state index in [0.29, 0.717) is 23.4 Å². The van der Waals surface area contributed by atoms with E-state index in [2.05, 4.69) is 15.6 Å². The Morgan fingerprint density at radius 1 is 1.18 bits per heavy atom. The third kappa shape index (κ3) is 6.43. The number of carboxylic acids is 1. The lowest BCUT2D eigenvalue weighted by Gasteiger charge is -2.21. The van der Waals surface area contributed by atoms with Crippen molar-refractivity contribution in [3.63, 3.8) is 0 Å². The van der Waals surface area contributed by atoms with Crippen molar-refractivity contribution in [1.82, 2.24) is 10.6 Å². The number of carbonyl (C=O) groups is 2. The Balaban J connectivity index is 0.000000552. The number of aliphatic carboxylic acids is 1. The van der Waals surface area contributed by atoms with Crippen LogP contribution in [0.5, 0.6) is 0 Å². The van der Waals surface area contributed by atoms with Crippen molar-refractivity contribution in [2.24, 2.45) is 16.8 Å². The van der Waals surface area contributed by atoms with Crippen LogP contribution < -0.4 is 10.6 Å². The lowest BCUT2D eigenvalue weighted by atomic mass is 9.89. The second-order valence-electron chi connectivity index (χ2n) is 8.48. The second kappa shape index (κ2) is 11.3. The molecular formula is C22H39N3O3. The number of amides is 1. The molecule has 1 unspecified atom stereocenters. The molecule has 0 spiro atoms. The van der Waals surface area contributed by atoms with Crippen LogP contribution in [0.15, 0.2) is 16.1 Å². The number of carboxylic acid groups (broad SMARTS) is 1. The summed E-state index contributed by atoms with van der Waals surface area (Å²) in [4.78, 5) is 28.5. The summed E-state index contributed by atoms with van der Waals surface area (Å²) in [7, 11) is 0. The van der Waals surface area contributed by atoms with E-state index in [9.17, 15) is 14.7 Å². The molecule has 28 heavy (non-hydrogen) atoms. The van der Waals surface area contributed by atoms with Gasteiger partial charge in [-0.05, 0) is 57.5 Å². The molecule has 2 aliphatic rings. The van der Waals surface area contributed by atoms with Gasteiger partial charge in [0.15, 0.2) is 0 Å². The van der Waals surface area contributed by atoms with Gasteiger partial charge >= 0.3 is 5.97 Å². The Labute approximate surface area is 170 Å². The minimum absolute atomic E-state index is 0.0171. The summed E-state index contributed by atoms with van der Waals surface area (Å²) in [6.45, 7) is 14.1. The van der Waals surface area contributed by atoms with Gasteiger partial charge in [-0.2, -0.15) is 0 Å². The number of nitrogens with zero attached hydrogens (tertiary/aromatic N) is 1. The number of hydrogen-bond acceptors (Lipinski definition) is 4. The van der Waals surface area contributed by atoms with E-state index in [1.54, 1.807) is 6.92 Å². The molecule has 0 aromatic heterocycles. The van der Waals surface area contributed by atoms with Crippen molar-refractivity contribution in [3.8, 4) is 0 Å². The van der Waals surface area contributed by atoms with Crippen LogP contribution in [0.4, 0.5) is 0 Å². The number of hydrogen-bond donors (Lipinski definition) is 3. The molecule has 0 bridgehead atoms. The number of rotatable bonds is 7. The van der Waals surface area contributed by atoms with E-state index in [1.165, 1.54) is 32.4 Å². The average molecular weight is 394 g/mol. The van der Waals surface area contributed by atoms with Gasteiger partial charge in [0.25, 0.3) is 5.91 Å². The van der Waals surface area contributed by atoms with Crippen LogP contribution in [0.3, 0.4) is 0 Å². The van der Waals surface area contributed by atoms with Crippen molar-refractivity contribution < 1.29 is 14.7 Å². The third-order valence-corrected chi connectivity index (χ3v) is 5.56. The fourth-order valence-corrected chi connectivity index (χ4v) is 3.34. The number of carbonyl (C=O) groups excluding carboxylic acids is 1. The first-order chi connectivity index (χ1) is 13.1. The SMILES string of the molecule is C1CCNCC1.CCCC/C(C(=O)O)=C(\C1=NC(C)(C(C)C)C(=O)N1)C(C)C. The highest BCUT2D eigenvalue weighted by Gasteiger charge is 2.43. The van der Waals surface area contributed by atoms with Gasteiger partial charge in [0.05, 0.1) is 0 Å². The zero-order valence-corrected chi connectivity index (χ0v) is 18.5. The average Bonchev–Trinajstić information content (AvgIpc) is 2.95. The van der Waals surface area contributed by atoms with Gasteiger partial charge in [-0.3, -0.25) is 9.79 Å². The lowest BCUT2D eigenvalue weighted by molar-refractivity contribution is -0.133. The molecule has 0 saturated carbocycles. The maximum Gasteiger partial charge on any atom is 0.331 e. The molecule has 0 aromatic rings. The number of unbranched alkanes of at least 4 members (excludes halogenated alkanes) is 1. The van der Waals surface area contributed by atoms with Crippen molar-refractivity contribution in [2.45, 2.75) is 85.6 Å².